The van der Waals surface area contributed by atoms with E-state index in [1.807, 2.05) is 6.08 Å². The fourth-order valence-corrected chi connectivity index (χ4v) is 1.68. The molecule has 0 heterocycles. The first-order valence-electron chi connectivity index (χ1n) is 4.45. The van der Waals surface area contributed by atoms with Crippen molar-refractivity contribution in [2.24, 2.45) is 17.4 Å². The molecule has 2 heteroatoms. The van der Waals surface area contributed by atoms with Gasteiger partial charge >= 0.3 is 0 Å². The molecule has 12 heavy (non-hydrogen) atoms. The maximum atomic E-state index is 5.82. The smallest absolute Gasteiger partial charge is 0.0318 e. The van der Waals surface area contributed by atoms with Gasteiger partial charge in [-0.25, -0.2) is 0 Å². The summed E-state index contributed by atoms with van der Waals surface area (Å²) in [6.07, 6.45) is 2.91. The summed E-state index contributed by atoms with van der Waals surface area (Å²) in [6.45, 7) is 6.45. The third kappa shape index (κ3) is 1.69. The monoisotopic (exact) mass is 166 g/mol. The minimum absolute atomic E-state index is 0.117. The van der Waals surface area contributed by atoms with E-state index in [0.717, 1.165) is 12.1 Å². The van der Waals surface area contributed by atoms with Gasteiger partial charge in [-0.3, -0.25) is 0 Å². The predicted octanol–water partition coefficient (Wildman–Crippen LogP) is 1.53. The minimum Gasteiger partial charge on any atom is -0.399 e. The Morgan fingerprint density at radius 2 is 2.08 bits per heavy atom. The molecule has 0 saturated heterocycles. The summed E-state index contributed by atoms with van der Waals surface area (Å²) in [5.74, 6) is 0.559. The average Bonchev–Trinajstić information content (AvgIpc) is 1.96. The lowest BCUT2D eigenvalue weighted by molar-refractivity contribution is 0.650. The summed E-state index contributed by atoms with van der Waals surface area (Å²) in [7, 11) is 0. The molecule has 0 aromatic rings. The Hall–Kier alpha value is -0.760. The van der Waals surface area contributed by atoms with Gasteiger partial charge in [-0.05, 0) is 30.9 Å². The van der Waals surface area contributed by atoms with Crippen molar-refractivity contribution < 1.29 is 0 Å². The van der Waals surface area contributed by atoms with E-state index in [1.165, 1.54) is 11.1 Å². The van der Waals surface area contributed by atoms with Crippen LogP contribution in [0.1, 0.15) is 27.2 Å². The van der Waals surface area contributed by atoms with Crippen LogP contribution < -0.4 is 11.5 Å². The van der Waals surface area contributed by atoms with E-state index >= 15 is 0 Å². The Morgan fingerprint density at radius 3 is 2.58 bits per heavy atom. The van der Waals surface area contributed by atoms with Crippen LogP contribution in [0.5, 0.6) is 0 Å². The van der Waals surface area contributed by atoms with Crippen LogP contribution in [0.15, 0.2) is 22.9 Å². The minimum atomic E-state index is 0.117. The van der Waals surface area contributed by atoms with E-state index in [2.05, 4.69) is 20.8 Å². The average molecular weight is 166 g/mol. The summed E-state index contributed by atoms with van der Waals surface area (Å²) < 4.78 is 0. The van der Waals surface area contributed by atoms with Crippen molar-refractivity contribution in [2.45, 2.75) is 33.2 Å². The molecule has 0 amide bonds. The lowest BCUT2D eigenvalue weighted by Crippen LogP contribution is -2.25. The van der Waals surface area contributed by atoms with Gasteiger partial charge in [0.05, 0.1) is 0 Å². The van der Waals surface area contributed by atoms with Gasteiger partial charge in [0.25, 0.3) is 0 Å². The molecule has 0 aliphatic heterocycles. The lowest BCUT2D eigenvalue weighted by atomic mass is 9.86. The zero-order chi connectivity index (χ0) is 9.30. The first-order valence-corrected chi connectivity index (χ1v) is 4.45. The second kappa shape index (κ2) is 3.31. The quantitative estimate of drug-likeness (QED) is 0.620. The van der Waals surface area contributed by atoms with Crippen molar-refractivity contribution in [1.29, 1.82) is 0 Å². The van der Waals surface area contributed by atoms with Gasteiger partial charge in [-0.15, -0.1) is 0 Å². The van der Waals surface area contributed by atoms with Gasteiger partial charge in [0.15, 0.2) is 0 Å². The number of hydrogen-bond acceptors (Lipinski definition) is 2. The lowest BCUT2D eigenvalue weighted by Gasteiger charge is -2.23. The molecule has 1 aliphatic carbocycles. The van der Waals surface area contributed by atoms with Crippen molar-refractivity contribution in [3.05, 3.63) is 22.9 Å². The molecule has 0 spiro atoms. The van der Waals surface area contributed by atoms with Crippen molar-refractivity contribution in [2.75, 3.05) is 0 Å². The largest absolute Gasteiger partial charge is 0.399 e. The molecule has 0 aromatic heterocycles. The highest BCUT2D eigenvalue weighted by atomic mass is 14.7. The molecule has 0 radical (unpaired) electrons. The fraction of sp³-hybridized carbons (Fsp3) is 0.600. The molecule has 1 rings (SSSR count). The number of rotatable bonds is 1. The van der Waals surface area contributed by atoms with Crippen molar-refractivity contribution in [1.82, 2.24) is 0 Å². The second-order valence-electron chi connectivity index (χ2n) is 3.79. The van der Waals surface area contributed by atoms with Crippen LogP contribution in [0.4, 0.5) is 0 Å². The summed E-state index contributed by atoms with van der Waals surface area (Å²) in [5, 5.41) is 0. The van der Waals surface area contributed by atoms with Crippen LogP contribution in [0.25, 0.3) is 0 Å². The number of nitrogens with two attached hydrogens (primary N) is 2. The first kappa shape index (κ1) is 9.33. The summed E-state index contributed by atoms with van der Waals surface area (Å²) in [4.78, 5) is 0. The van der Waals surface area contributed by atoms with Crippen LogP contribution in [0.2, 0.25) is 0 Å². The molecule has 0 fully saturated rings. The van der Waals surface area contributed by atoms with Crippen LogP contribution in [0, 0.1) is 5.92 Å². The van der Waals surface area contributed by atoms with E-state index in [0.29, 0.717) is 5.92 Å². The molecule has 1 unspecified atom stereocenters. The molecule has 2 nitrogen and oxygen atoms in total. The molecule has 68 valence electrons. The van der Waals surface area contributed by atoms with Gasteiger partial charge in [0.2, 0.25) is 0 Å². The van der Waals surface area contributed by atoms with Crippen LogP contribution in [-0.4, -0.2) is 6.04 Å². The topological polar surface area (TPSA) is 52.0 Å². The molecular formula is C10H18N2. The Labute approximate surface area is 74.3 Å². The zero-order valence-corrected chi connectivity index (χ0v) is 8.09. The highest BCUT2D eigenvalue weighted by Gasteiger charge is 2.17. The van der Waals surface area contributed by atoms with Gasteiger partial charge in [0, 0.05) is 11.7 Å². The maximum absolute atomic E-state index is 5.82. The van der Waals surface area contributed by atoms with Crippen molar-refractivity contribution in [3.63, 3.8) is 0 Å². The van der Waals surface area contributed by atoms with Crippen LogP contribution in [0.3, 0.4) is 0 Å². The summed E-state index contributed by atoms with van der Waals surface area (Å²) in [5.41, 5.74) is 15.1. The number of allylic oxidation sites excluding steroid dienone is 1. The van der Waals surface area contributed by atoms with E-state index in [1.54, 1.807) is 0 Å². The fourth-order valence-electron chi connectivity index (χ4n) is 1.68. The Kier molecular flexibility index (Phi) is 2.58. The molecule has 0 saturated carbocycles. The maximum Gasteiger partial charge on any atom is 0.0318 e. The zero-order valence-electron chi connectivity index (χ0n) is 8.09. The highest BCUT2D eigenvalue weighted by Crippen LogP contribution is 2.26. The number of hydrogen-bond donors (Lipinski definition) is 2. The summed E-state index contributed by atoms with van der Waals surface area (Å²) >= 11 is 0. The Morgan fingerprint density at radius 1 is 1.50 bits per heavy atom. The van der Waals surface area contributed by atoms with Crippen molar-refractivity contribution >= 4 is 0 Å². The van der Waals surface area contributed by atoms with E-state index < -0.39 is 0 Å². The van der Waals surface area contributed by atoms with Gasteiger partial charge in [-0.2, -0.15) is 0 Å². The second-order valence-corrected chi connectivity index (χ2v) is 3.79. The van der Waals surface area contributed by atoms with Crippen molar-refractivity contribution in [3.8, 4) is 0 Å². The van der Waals surface area contributed by atoms with Gasteiger partial charge in [-0.1, -0.05) is 19.4 Å². The predicted molar refractivity (Wildman–Crippen MR) is 52.4 cm³/mol. The van der Waals surface area contributed by atoms with Crippen LogP contribution in [-0.2, 0) is 0 Å². The third-order valence-corrected chi connectivity index (χ3v) is 2.46. The SMILES string of the molecule is CC1=C(C(C)C)CC(N)C=C1N. The Balaban J connectivity index is 2.96. The molecule has 1 atom stereocenters. The van der Waals surface area contributed by atoms with Crippen LogP contribution >= 0.6 is 0 Å². The molecule has 4 N–H and O–H groups in total. The standard InChI is InChI=1S/C10H18N2/c1-6(2)9-4-8(11)5-10(12)7(9)3/h5-6,8H,4,11-12H2,1-3H3. The van der Waals surface area contributed by atoms with E-state index in [-0.39, 0.29) is 6.04 Å². The van der Waals surface area contributed by atoms with E-state index in [4.69, 9.17) is 11.5 Å². The highest BCUT2D eigenvalue weighted by molar-refractivity contribution is 5.37. The Bertz CT molecular complexity index is 236. The first-order chi connectivity index (χ1) is 5.52. The normalized spacial score (nSPS) is 24.8. The molecule has 1 aliphatic rings. The van der Waals surface area contributed by atoms with E-state index in [9.17, 15) is 0 Å². The molecule has 0 bridgehead atoms. The van der Waals surface area contributed by atoms with Gasteiger partial charge in [0.1, 0.15) is 0 Å². The van der Waals surface area contributed by atoms with Gasteiger partial charge < -0.3 is 11.5 Å². The molecule has 0 aromatic carbocycles. The third-order valence-electron chi connectivity index (χ3n) is 2.46. The summed E-state index contributed by atoms with van der Waals surface area (Å²) in [6, 6.07) is 0.117. The molecular weight excluding hydrogens is 148 g/mol.